The molecule has 0 unspecified atom stereocenters. The summed E-state index contributed by atoms with van der Waals surface area (Å²) in [6.07, 6.45) is 8.65. The van der Waals surface area contributed by atoms with Gasteiger partial charge in [0.15, 0.2) is 5.96 Å². The minimum absolute atomic E-state index is 0.0372. The van der Waals surface area contributed by atoms with Crippen molar-refractivity contribution in [2.24, 2.45) is 40.1 Å². The van der Waals surface area contributed by atoms with Crippen LogP contribution in [-0.4, -0.2) is 60.4 Å². The van der Waals surface area contributed by atoms with E-state index in [2.05, 4.69) is 34.8 Å². The van der Waals surface area contributed by atoms with E-state index in [0.29, 0.717) is 62.2 Å². The second-order valence-electron chi connectivity index (χ2n) is 13.6. The van der Waals surface area contributed by atoms with Gasteiger partial charge in [-0.25, -0.2) is 4.79 Å². The summed E-state index contributed by atoms with van der Waals surface area (Å²) in [6.45, 7) is 4.44. The summed E-state index contributed by atoms with van der Waals surface area (Å²) in [5, 5.41) is 8.48. The normalized spacial score (nSPS) is 25.4. The number of aldehydes is 1. The number of nitrogens with one attached hydrogen (secondary N) is 3. The quantitative estimate of drug-likeness (QED) is 0.0826. The van der Waals surface area contributed by atoms with Gasteiger partial charge in [0.05, 0.1) is 6.04 Å². The molecule has 5 rings (SSSR count). The zero-order chi connectivity index (χ0) is 31.7. The van der Waals surface area contributed by atoms with Crippen molar-refractivity contribution >= 4 is 30.2 Å². The van der Waals surface area contributed by atoms with Gasteiger partial charge in [-0.2, -0.15) is 0 Å². The summed E-state index contributed by atoms with van der Waals surface area (Å²) >= 11 is 0. The summed E-state index contributed by atoms with van der Waals surface area (Å²) < 4.78 is 6.14. The maximum atomic E-state index is 13.7. The number of hydrogen-bond donors (Lipinski definition) is 5. The lowest BCUT2D eigenvalue weighted by molar-refractivity contribution is -0.133. The Morgan fingerprint density at radius 1 is 0.909 bits per heavy atom. The molecule has 0 spiro atoms. The van der Waals surface area contributed by atoms with E-state index >= 15 is 0 Å². The molecule has 0 aliphatic heterocycles. The summed E-state index contributed by atoms with van der Waals surface area (Å²) in [5.41, 5.74) is 11.1. The second kappa shape index (κ2) is 15.4. The number of nitrogens with zero attached hydrogens (tertiary/aromatic N) is 1. The number of hydrogen-bond acceptors (Lipinski definition) is 6. The number of amides is 3. The van der Waals surface area contributed by atoms with Gasteiger partial charge in [0.25, 0.3) is 0 Å². The molecule has 3 amide bonds. The molecule has 7 N–H and O–H groups in total. The van der Waals surface area contributed by atoms with Crippen LogP contribution in [0.1, 0.15) is 83.6 Å². The Morgan fingerprint density at radius 2 is 1.52 bits per heavy atom. The average Bonchev–Trinajstić information content (AvgIpc) is 2.95. The van der Waals surface area contributed by atoms with Gasteiger partial charge in [-0.05, 0) is 93.4 Å². The van der Waals surface area contributed by atoms with Crippen LogP contribution < -0.4 is 27.4 Å². The van der Waals surface area contributed by atoms with Gasteiger partial charge in [-0.3, -0.25) is 14.6 Å². The van der Waals surface area contributed by atoms with E-state index in [1.54, 1.807) is 0 Å². The molecule has 11 heteroatoms. The number of carbonyl (C=O) groups excluding carboxylic acids is 4. The molecule has 242 valence electrons. The molecule has 4 aliphatic rings. The molecule has 0 aromatic heterocycles. The molecule has 4 saturated carbocycles. The number of benzene rings is 1. The van der Waals surface area contributed by atoms with Crippen LogP contribution >= 0.6 is 0 Å². The molecule has 44 heavy (non-hydrogen) atoms. The van der Waals surface area contributed by atoms with E-state index in [1.165, 1.54) is 19.3 Å². The Kier molecular flexibility index (Phi) is 11.6. The Labute approximate surface area is 260 Å². The van der Waals surface area contributed by atoms with Gasteiger partial charge in [0.2, 0.25) is 11.8 Å². The maximum absolute atomic E-state index is 13.7. The van der Waals surface area contributed by atoms with Crippen LogP contribution in [0, 0.1) is 23.7 Å². The first kappa shape index (κ1) is 33.3. The van der Waals surface area contributed by atoms with Crippen molar-refractivity contribution in [3.63, 3.8) is 0 Å². The molecule has 3 atom stereocenters. The van der Waals surface area contributed by atoms with Crippen LogP contribution in [0.4, 0.5) is 4.79 Å². The summed E-state index contributed by atoms with van der Waals surface area (Å²) in [6, 6.07) is 6.73. The number of guanidine groups is 1. The van der Waals surface area contributed by atoms with Gasteiger partial charge < -0.3 is 36.9 Å². The van der Waals surface area contributed by atoms with E-state index in [0.717, 1.165) is 24.8 Å². The molecule has 1 aromatic rings. The third-order valence-electron chi connectivity index (χ3n) is 9.31. The predicted octanol–water partition coefficient (Wildman–Crippen LogP) is 2.95. The van der Waals surface area contributed by atoms with E-state index in [-0.39, 0.29) is 12.4 Å². The third kappa shape index (κ3) is 9.69. The highest BCUT2D eigenvalue weighted by molar-refractivity contribution is 5.92. The highest BCUT2D eigenvalue weighted by atomic mass is 16.6. The number of aliphatic imine (C=N–C) groups is 1. The molecule has 0 heterocycles. The molecule has 4 fully saturated rings. The molecule has 1 aromatic carbocycles. The lowest BCUT2D eigenvalue weighted by Gasteiger charge is -2.55. The Hall–Kier alpha value is -3.63. The third-order valence-corrected chi connectivity index (χ3v) is 9.31. The van der Waals surface area contributed by atoms with Crippen molar-refractivity contribution in [2.75, 3.05) is 6.54 Å². The van der Waals surface area contributed by atoms with E-state index < -0.39 is 41.6 Å². The van der Waals surface area contributed by atoms with E-state index in [9.17, 15) is 19.2 Å². The standard InChI is InChI=1S/C33H50N6O5/c1-21(2)10-11-27(39-32(43)44-33-17-23-13-24(18-33)15-25(14-23)19-33)29(41)38-28(16-22-7-4-3-5-8-22)30(42)37-26(20-40)9-6-12-36-31(34)35/h3-5,7-8,20-21,23-28H,6,9-19H2,1-2H3,(H,37,42)(H,38,41)(H,39,43)(H4,34,35,36)/t23?,24?,25?,26-,27+,28-,33?/m0/s1. The van der Waals surface area contributed by atoms with E-state index in [4.69, 9.17) is 16.2 Å². The number of nitrogens with two attached hydrogens (primary N) is 2. The number of alkyl carbamates (subject to hydrolysis) is 1. The lowest BCUT2D eigenvalue weighted by Crippen LogP contribution is -2.57. The number of ether oxygens (including phenoxy) is 1. The second-order valence-corrected chi connectivity index (χ2v) is 13.6. The van der Waals surface area contributed by atoms with Gasteiger partial charge in [-0.1, -0.05) is 44.2 Å². The van der Waals surface area contributed by atoms with Crippen molar-refractivity contribution < 1.29 is 23.9 Å². The van der Waals surface area contributed by atoms with Crippen molar-refractivity contribution in [2.45, 2.75) is 108 Å². The smallest absolute Gasteiger partial charge is 0.408 e. The van der Waals surface area contributed by atoms with Crippen LogP contribution in [0.2, 0.25) is 0 Å². The lowest BCUT2D eigenvalue weighted by atomic mass is 9.54. The zero-order valence-corrected chi connectivity index (χ0v) is 26.1. The van der Waals surface area contributed by atoms with Crippen LogP contribution in [0.25, 0.3) is 0 Å². The topological polar surface area (TPSA) is 178 Å². The van der Waals surface area contributed by atoms with Crippen molar-refractivity contribution in [3.8, 4) is 0 Å². The molecule has 11 nitrogen and oxygen atoms in total. The minimum atomic E-state index is -0.965. The highest BCUT2D eigenvalue weighted by Gasteiger charge is 2.53. The zero-order valence-electron chi connectivity index (χ0n) is 26.1. The van der Waals surface area contributed by atoms with Gasteiger partial charge >= 0.3 is 6.09 Å². The van der Waals surface area contributed by atoms with Crippen LogP contribution in [0.15, 0.2) is 35.3 Å². The van der Waals surface area contributed by atoms with Crippen molar-refractivity contribution in [3.05, 3.63) is 35.9 Å². The minimum Gasteiger partial charge on any atom is -0.443 e. The predicted molar refractivity (Wildman–Crippen MR) is 168 cm³/mol. The fraction of sp³-hybridized carbons (Fsp3) is 0.667. The Bertz CT molecular complexity index is 1130. The van der Waals surface area contributed by atoms with Crippen molar-refractivity contribution in [1.29, 1.82) is 0 Å². The number of carbonyl (C=O) groups is 4. The van der Waals surface area contributed by atoms with Gasteiger partial charge in [0, 0.05) is 13.0 Å². The number of rotatable bonds is 16. The molecular formula is C33H50N6O5. The first-order chi connectivity index (χ1) is 21.0. The molecule has 4 aliphatic carbocycles. The van der Waals surface area contributed by atoms with Crippen molar-refractivity contribution in [1.82, 2.24) is 16.0 Å². The first-order valence-electron chi connectivity index (χ1n) is 16.2. The van der Waals surface area contributed by atoms with Crippen LogP contribution in [-0.2, 0) is 25.5 Å². The fourth-order valence-corrected chi connectivity index (χ4v) is 7.60. The van der Waals surface area contributed by atoms with Crippen LogP contribution in [0.3, 0.4) is 0 Å². The summed E-state index contributed by atoms with van der Waals surface area (Å²) in [4.78, 5) is 56.1. The highest BCUT2D eigenvalue weighted by Crippen LogP contribution is 2.57. The fourth-order valence-electron chi connectivity index (χ4n) is 7.60. The maximum Gasteiger partial charge on any atom is 0.408 e. The molecule has 0 radical (unpaired) electrons. The largest absolute Gasteiger partial charge is 0.443 e. The van der Waals surface area contributed by atoms with Gasteiger partial charge in [0.1, 0.15) is 24.0 Å². The molecular weight excluding hydrogens is 560 g/mol. The molecule has 4 bridgehead atoms. The van der Waals surface area contributed by atoms with Crippen LogP contribution in [0.5, 0.6) is 0 Å². The average molecular weight is 611 g/mol. The Balaban J connectivity index is 1.42. The van der Waals surface area contributed by atoms with E-state index in [1.807, 2.05) is 30.3 Å². The monoisotopic (exact) mass is 610 g/mol. The first-order valence-corrected chi connectivity index (χ1v) is 16.2. The molecule has 0 saturated heterocycles. The van der Waals surface area contributed by atoms with Gasteiger partial charge in [-0.15, -0.1) is 0 Å². The summed E-state index contributed by atoms with van der Waals surface area (Å²) in [7, 11) is 0. The SMILES string of the molecule is CC(C)CC[C@@H](NC(=O)OC12CC3CC(CC(C3)C1)C2)C(=O)N[C@@H](Cc1ccccc1)C(=O)N[C@H](C=O)CCCN=C(N)N. The Morgan fingerprint density at radius 3 is 2.09 bits per heavy atom. The summed E-state index contributed by atoms with van der Waals surface area (Å²) in [5.74, 6) is 1.18.